The minimum absolute atomic E-state index is 0.0352. The first-order chi connectivity index (χ1) is 6.65. The fourth-order valence-electron chi connectivity index (χ4n) is 0.987. The number of rotatable bonds is 4. The third-order valence-corrected chi connectivity index (χ3v) is 1.57. The Morgan fingerprint density at radius 2 is 2.21 bits per heavy atom. The van der Waals surface area contributed by atoms with Crippen molar-refractivity contribution in [3.8, 4) is 0 Å². The Balaban J connectivity index is 2.96. The Kier molecular flexibility index (Phi) is 3.33. The highest BCUT2D eigenvalue weighted by Gasteiger charge is 2.13. The highest BCUT2D eigenvalue weighted by Crippen LogP contribution is 2.24. The lowest BCUT2D eigenvalue weighted by Gasteiger charge is -2.04. The second-order valence-electron chi connectivity index (χ2n) is 2.53. The molecule has 0 saturated heterocycles. The smallest absolute Gasteiger partial charge is 0.295 e. The molecule has 1 rings (SSSR count). The monoisotopic (exact) mass is 202 g/mol. The number of nitrogens with zero attached hydrogens (tertiary/aromatic N) is 1. The highest BCUT2D eigenvalue weighted by atomic mass is 19.1. The molecule has 0 radical (unpaired) electrons. The number of benzene rings is 1. The van der Waals surface area contributed by atoms with Crippen LogP contribution in [-0.4, -0.2) is 18.1 Å². The van der Waals surface area contributed by atoms with E-state index in [0.717, 1.165) is 12.1 Å². The number of hydrogen-bond acceptors (Lipinski definition) is 3. The summed E-state index contributed by atoms with van der Waals surface area (Å²) in [4.78, 5) is 9.72. The molecule has 0 bridgehead atoms. The van der Waals surface area contributed by atoms with Crippen LogP contribution in [0.1, 0.15) is 0 Å². The molecular formula is C8H8F2N2O2. The Labute approximate surface area is 78.7 Å². The van der Waals surface area contributed by atoms with Crippen LogP contribution >= 0.6 is 0 Å². The van der Waals surface area contributed by atoms with Crippen LogP contribution in [0, 0.1) is 15.9 Å². The summed E-state index contributed by atoms with van der Waals surface area (Å²) in [6.07, 6.45) is 0. The molecule has 0 saturated carbocycles. The summed E-state index contributed by atoms with van der Waals surface area (Å²) >= 11 is 0. The molecule has 0 aliphatic rings. The van der Waals surface area contributed by atoms with Gasteiger partial charge in [0.15, 0.2) is 0 Å². The Hall–Kier alpha value is -1.72. The van der Waals surface area contributed by atoms with E-state index in [-0.39, 0.29) is 12.2 Å². The van der Waals surface area contributed by atoms with Crippen molar-refractivity contribution in [2.24, 2.45) is 0 Å². The van der Waals surface area contributed by atoms with Crippen LogP contribution < -0.4 is 5.32 Å². The van der Waals surface area contributed by atoms with E-state index in [1.807, 2.05) is 0 Å². The van der Waals surface area contributed by atoms with Gasteiger partial charge in [0, 0.05) is 6.54 Å². The molecule has 1 aromatic carbocycles. The average Bonchev–Trinajstić information content (AvgIpc) is 2.15. The fourth-order valence-corrected chi connectivity index (χ4v) is 0.987. The predicted octanol–water partition coefficient (Wildman–Crippen LogP) is 2.12. The minimum atomic E-state index is -0.719. The van der Waals surface area contributed by atoms with E-state index in [4.69, 9.17) is 0 Å². The molecular weight excluding hydrogens is 194 g/mol. The molecule has 0 aliphatic carbocycles. The van der Waals surface area contributed by atoms with Crippen molar-refractivity contribution in [3.05, 3.63) is 34.1 Å². The molecule has 0 fully saturated rings. The van der Waals surface area contributed by atoms with Crippen LogP contribution in [0.25, 0.3) is 0 Å². The van der Waals surface area contributed by atoms with Gasteiger partial charge in [0.05, 0.1) is 11.0 Å². The lowest BCUT2D eigenvalue weighted by molar-refractivity contribution is -0.384. The number of nitro benzene ring substituents is 1. The van der Waals surface area contributed by atoms with E-state index in [9.17, 15) is 18.9 Å². The molecule has 0 atom stereocenters. The maximum atomic E-state index is 12.6. The Morgan fingerprint density at radius 3 is 2.79 bits per heavy atom. The van der Waals surface area contributed by atoms with Gasteiger partial charge in [-0.1, -0.05) is 0 Å². The number of halogens is 2. The SMILES string of the molecule is O=[N+]([O-])c1cc(F)ccc1NCCF. The van der Waals surface area contributed by atoms with E-state index in [1.165, 1.54) is 6.07 Å². The van der Waals surface area contributed by atoms with Gasteiger partial charge in [0.2, 0.25) is 0 Å². The van der Waals surface area contributed by atoms with E-state index in [0.29, 0.717) is 0 Å². The largest absolute Gasteiger partial charge is 0.377 e. The average molecular weight is 202 g/mol. The summed E-state index contributed by atoms with van der Waals surface area (Å²) in [5, 5.41) is 12.9. The van der Waals surface area contributed by atoms with Gasteiger partial charge in [0.25, 0.3) is 5.69 Å². The normalized spacial score (nSPS) is 9.86. The first-order valence-electron chi connectivity index (χ1n) is 3.89. The molecule has 0 unspecified atom stereocenters. The van der Waals surface area contributed by atoms with Crippen LogP contribution in [-0.2, 0) is 0 Å². The number of anilines is 1. The van der Waals surface area contributed by atoms with Crippen LogP contribution in [0.4, 0.5) is 20.2 Å². The molecule has 76 valence electrons. The maximum absolute atomic E-state index is 12.6. The molecule has 6 heteroatoms. The maximum Gasteiger partial charge on any atom is 0.295 e. The van der Waals surface area contributed by atoms with Crippen molar-refractivity contribution in [2.45, 2.75) is 0 Å². The summed E-state index contributed by atoms with van der Waals surface area (Å²) in [6, 6.07) is 3.08. The molecule has 0 aliphatic heterocycles. The molecule has 1 N–H and O–H groups in total. The fraction of sp³-hybridized carbons (Fsp3) is 0.250. The van der Waals surface area contributed by atoms with Gasteiger partial charge in [-0.15, -0.1) is 0 Å². The lowest BCUT2D eigenvalue weighted by Crippen LogP contribution is -2.05. The van der Waals surface area contributed by atoms with Crippen molar-refractivity contribution in [1.29, 1.82) is 0 Å². The highest BCUT2D eigenvalue weighted by molar-refractivity contribution is 5.61. The van der Waals surface area contributed by atoms with E-state index < -0.39 is 23.1 Å². The van der Waals surface area contributed by atoms with Gasteiger partial charge >= 0.3 is 0 Å². The zero-order chi connectivity index (χ0) is 10.6. The molecule has 14 heavy (non-hydrogen) atoms. The van der Waals surface area contributed by atoms with Crippen molar-refractivity contribution >= 4 is 11.4 Å². The molecule has 0 amide bonds. The molecule has 1 aromatic rings. The molecule has 0 spiro atoms. The second kappa shape index (κ2) is 4.50. The number of alkyl halides is 1. The van der Waals surface area contributed by atoms with Gasteiger partial charge in [-0.2, -0.15) is 0 Å². The Morgan fingerprint density at radius 1 is 1.50 bits per heavy atom. The summed E-state index contributed by atoms with van der Waals surface area (Å²) in [6.45, 7) is -0.680. The summed E-state index contributed by atoms with van der Waals surface area (Å²) in [5.41, 5.74) is -0.271. The van der Waals surface area contributed by atoms with Gasteiger partial charge in [-0.25, -0.2) is 8.78 Å². The van der Waals surface area contributed by atoms with Gasteiger partial charge < -0.3 is 5.32 Å². The first kappa shape index (κ1) is 10.4. The van der Waals surface area contributed by atoms with E-state index in [2.05, 4.69) is 5.32 Å². The summed E-state index contributed by atoms with van der Waals surface area (Å²) in [7, 11) is 0. The number of nitro groups is 1. The topological polar surface area (TPSA) is 55.2 Å². The number of hydrogen-bond donors (Lipinski definition) is 1. The van der Waals surface area contributed by atoms with Crippen LogP contribution in [0.2, 0.25) is 0 Å². The first-order valence-corrected chi connectivity index (χ1v) is 3.89. The van der Waals surface area contributed by atoms with Crippen molar-refractivity contribution in [1.82, 2.24) is 0 Å². The van der Waals surface area contributed by atoms with E-state index in [1.54, 1.807) is 0 Å². The van der Waals surface area contributed by atoms with Gasteiger partial charge in [0.1, 0.15) is 18.2 Å². The van der Waals surface area contributed by atoms with Crippen molar-refractivity contribution in [2.75, 3.05) is 18.5 Å². The molecule has 4 nitrogen and oxygen atoms in total. The zero-order valence-electron chi connectivity index (χ0n) is 7.17. The predicted molar refractivity (Wildman–Crippen MR) is 47.5 cm³/mol. The Bertz CT molecular complexity index is 344. The zero-order valence-corrected chi connectivity index (χ0v) is 7.17. The molecule has 0 heterocycles. The number of nitrogens with one attached hydrogen (secondary N) is 1. The minimum Gasteiger partial charge on any atom is -0.377 e. The third-order valence-electron chi connectivity index (χ3n) is 1.57. The third kappa shape index (κ3) is 2.38. The second-order valence-corrected chi connectivity index (χ2v) is 2.53. The van der Waals surface area contributed by atoms with Gasteiger partial charge in [-0.3, -0.25) is 10.1 Å². The van der Waals surface area contributed by atoms with Crippen LogP contribution in [0.15, 0.2) is 18.2 Å². The van der Waals surface area contributed by atoms with E-state index >= 15 is 0 Å². The van der Waals surface area contributed by atoms with Crippen LogP contribution in [0.5, 0.6) is 0 Å². The summed E-state index contributed by atoms with van der Waals surface area (Å²) < 4.78 is 24.4. The van der Waals surface area contributed by atoms with Crippen molar-refractivity contribution < 1.29 is 13.7 Å². The van der Waals surface area contributed by atoms with Gasteiger partial charge in [-0.05, 0) is 12.1 Å². The quantitative estimate of drug-likeness (QED) is 0.601. The molecule has 0 aromatic heterocycles. The van der Waals surface area contributed by atoms with Crippen LogP contribution in [0.3, 0.4) is 0 Å². The lowest BCUT2D eigenvalue weighted by atomic mass is 10.2. The summed E-state index contributed by atoms with van der Waals surface area (Å²) in [5.74, 6) is -0.692. The van der Waals surface area contributed by atoms with Crippen molar-refractivity contribution in [3.63, 3.8) is 0 Å². The standard InChI is InChI=1S/C8H8F2N2O2/c9-3-4-11-7-2-1-6(10)5-8(7)12(13)14/h1-2,5,11H,3-4H2.